The number of halogens is 3. The third kappa shape index (κ3) is 1.98. The second-order valence-corrected chi connectivity index (χ2v) is 6.75. The number of rotatable bonds is 2. The molecule has 0 spiro atoms. The summed E-state index contributed by atoms with van der Waals surface area (Å²) in [5.41, 5.74) is -3.43. The van der Waals surface area contributed by atoms with E-state index in [1.165, 1.54) is 6.07 Å². The summed E-state index contributed by atoms with van der Waals surface area (Å²) in [6.07, 6.45) is -1.39. The Kier molecular flexibility index (Phi) is 3.06. The van der Waals surface area contributed by atoms with Crippen LogP contribution in [-0.2, 0) is 20.5 Å². The number of ether oxygens (including phenoxy) is 1. The van der Waals surface area contributed by atoms with Crippen molar-refractivity contribution in [3.05, 3.63) is 42.0 Å². The molecule has 5 nitrogen and oxygen atoms in total. The van der Waals surface area contributed by atoms with Gasteiger partial charge in [-0.05, 0) is 25.1 Å². The number of carbonyl (C=O) groups excluding carboxylic acids is 2. The van der Waals surface area contributed by atoms with Crippen LogP contribution in [0.1, 0.15) is 12.5 Å². The molecule has 2 bridgehead atoms. The van der Waals surface area contributed by atoms with Crippen molar-refractivity contribution < 1.29 is 32.6 Å². The van der Waals surface area contributed by atoms with Crippen molar-refractivity contribution in [2.75, 3.05) is 11.5 Å². The summed E-state index contributed by atoms with van der Waals surface area (Å²) in [5, 5.41) is 9.71. The Morgan fingerprint density at radius 3 is 2.52 bits per heavy atom. The van der Waals surface area contributed by atoms with Crippen LogP contribution in [0, 0.1) is 11.8 Å². The van der Waals surface area contributed by atoms with Crippen molar-refractivity contribution in [3.63, 3.8) is 0 Å². The van der Waals surface area contributed by atoms with E-state index in [-0.39, 0.29) is 5.69 Å². The Morgan fingerprint density at radius 1 is 1.20 bits per heavy atom. The molecule has 0 aliphatic carbocycles. The summed E-state index contributed by atoms with van der Waals surface area (Å²) in [7, 11) is 0. The standard InChI is InChI=1S/C17H14F3NO4/c1-15-5-6-16(8-22,25-15)12-11(15)13(23)21(14(12)24)10-4-2-3-9(7-10)17(18,19)20/h2-7,11-12,22H,8H2,1H3/t11-,12-,15-,16-/m1/s1. The molecule has 132 valence electrons. The van der Waals surface area contributed by atoms with Gasteiger partial charge in [-0.1, -0.05) is 18.2 Å². The van der Waals surface area contributed by atoms with Crippen molar-refractivity contribution >= 4 is 17.5 Å². The molecular weight excluding hydrogens is 339 g/mol. The van der Waals surface area contributed by atoms with E-state index in [9.17, 15) is 27.9 Å². The number of nitrogens with zero attached hydrogens (tertiary/aromatic N) is 1. The summed E-state index contributed by atoms with van der Waals surface area (Å²) < 4.78 is 44.6. The molecule has 0 aromatic heterocycles. The molecule has 0 saturated carbocycles. The largest absolute Gasteiger partial charge is 0.416 e. The highest BCUT2D eigenvalue weighted by molar-refractivity contribution is 6.23. The van der Waals surface area contributed by atoms with Gasteiger partial charge in [0.2, 0.25) is 11.8 Å². The van der Waals surface area contributed by atoms with Crippen LogP contribution in [0.25, 0.3) is 0 Å². The lowest BCUT2D eigenvalue weighted by Crippen LogP contribution is -2.43. The van der Waals surface area contributed by atoms with Gasteiger partial charge in [-0.15, -0.1) is 0 Å². The number of aliphatic hydroxyl groups excluding tert-OH is 1. The topological polar surface area (TPSA) is 66.8 Å². The maximum atomic E-state index is 12.9. The normalized spacial score (nSPS) is 36.4. The van der Waals surface area contributed by atoms with E-state index in [4.69, 9.17) is 4.74 Å². The molecule has 0 unspecified atom stereocenters. The van der Waals surface area contributed by atoms with E-state index in [0.29, 0.717) is 0 Å². The maximum absolute atomic E-state index is 12.9. The Hall–Kier alpha value is -2.19. The zero-order valence-electron chi connectivity index (χ0n) is 13.1. The van der Waals surface area contributed by atoms with Crippen LogP contribution in [0.2, 0.25) is 0 Å². The molecule has 4 atom stereocenters. The van der Waals surface area contributed by atoms with Gasteiger partial charge in [0.05, 0.1) is 35.3 Å². The minimum absolute atomic E-state index is 0.129. The van der Waals surface area contributed by atoms with Gasteiger partial charge in [0, 0.05) is 0 Å². The SMILES string of the molecule is C[C@]12C=C[C@](CO)(O1)[C@H]1C(=O)N(c3cccc(C(F)(F)F)c3)C(=O)[C@@H]12. The van der Waals surface area contributed by atoms with Crippen molar-refractivity contribution in [2.24, 2.45) is 11.8 Å². The van der Waals surface area contributed by atoms with E-state index in [1.807, 2.05) is 0 Å². The first-order chi connectivity index (χ1) is 11.6. The number of hydrogen-bond acceptors (Lipinski definition) is 4. The Bertz CT molecular complexity index is 820. The molecule has 3 aliphatic rings. The smallest absolute Gasteiger partial charge is 0.393 e. The van der Waals surface area contributed by atoms with Crippen LogP contribution in [0.5, 0.6) is 0 Å². The van der Waals surface area contributed by atoms with Crippen molar-refractivity contribution in [3.8, 4) is 0 Å². The van der Waals surface area contributed by atoms with Crippen molar-refractivity contribution in [1.82, 2.24) is 0 Å². The third-order valence-electron chi connectivity index (χ3n) is 5.24. The third-order valence-corrected chi connectivity index (χ3v) is 5.24. The fourth-order valence-electron chi connectivity index (χ4n) is 4.12. The average Bonchev–Trinajstić information content (AvgIpc) is 3.13. The molecule has 8 heteroatoms. The average molecular weight is 353 g/mol. The van der Waals surface area contributed by atoms with Crippen molar-refractivity contribution in [2.45, 2.75) is 24.3 Å². The molecule has 1 aromatic rings. The first-order valence-electron chi connectivity index (χ1n) is 7.69. The van der Waals surface area contributed by atoms with Crippen LogP contribution in [0.15, 0.2) is 36.4 Å². The number of carbonyl (C=O) groups is 2. The molecular formula is C17H14F3NO4. The summed E-state index contributed by atoms with van der Waals surface area (Å²) in [4.78, 5) is 26.5. The first-order valence-corrected chi connectivity index (χ1v) is 7.69. The van der Waals surface area contributed by atoms with Crippen molar-refractivity contribution in [1.29, 1.82) is 0 Å². The van der Waals surface area contributed by atoms with Crippen LogP contribution in [0.3, 0.4) is 0 Å². The predicted octanol–water partition coefficient (Wildman–Crippen LogP) is 1.90. The number of hydrogen-bond donors (Lipinski definition) is 1. The zero-order chi connectivity index (χ0) is 18.2. The molecule has 3 aliphatic heterocycles. The number of amides is 2. The first kappa shape index (κ1) is 16.3. The number of imide groups is 1. The molecule has 3 heterocycles. The highest BCUT2D eigenvalue weighted by Crippen LogP contribution is 2.57. The Morgan fingerprint density at radius 2 is 1.88 bits per heavy atom. The highest BCUT2D eigenvalue weighted by Gasteiger charge is 2.72. The number of benzene rings is 1. The summed E-state index contributed by atoms with van der Waals surface area (Å²) >= 11 is 0. The van der Waals surface area contributed by atoms with E-state index in [0.717, 1.165) is 23.1 Å². The molecule has 1 aromatic carbocycles. The molecule has 4 rings (SSSR count). The van der Waals surface area contributed by atoms with Crippen LogP contribution in [0.4, 0.5) is 18.9 Å². The summed E-state index contributed by atoms with van der Waals surface area (Å²) in [6, 6.07) is 4.09. The monoisotopic (exact) mass is 353 g/mol. The van der Waals surface area contributed by atoms with Gasteiger partial charge in [-0.3, -0.25) is 9.59 Å². The summed E-state index contributed by atoms with van der Waals surface area (Å²) in [5.74, 6) is -3.09. The van der Waals surface area contributed by atoms with Gasteiger partial charge in [-0.2, -0.15) is 13.2 Å². The van der Waals surface area contributed by atoms with E-state index >= 15 is 0 Å². The molecule has 2 fully saturated rings. The van der Waals surface area contributed by atoms with Gasteiger partial charge >= 0.3 is 6.18 Å². The fraction of sp³-hybridized carbons (Fsp3) is 0.412. The maximum Gasteiger partial charge on any atom is 0.416 e. The lowest BCUT2D eigenvalue weighted by molar-refractivity contribution is -0.138. The van der Waals surface area contributed by atoms with Crippen LogP contribution in [-0.4, -0.2) is 34.7 Å². The molecule has 2 saturated heterocycles. The number of aliphatic hydroxyl groups is 1. The number of anilines is 1. The quantitative estimate of drug-likeness (QED) is 0.651. The number of alkyl halides is 3. The zero-order valence-corrected chi connectivity index (χ0v) is 13.1. The second kappa shape index (κ2) is 4.70. The Labute approximate surface area is 140 Å². The van der Waals surface area contributed by atoms with Gasteiger partial charge < -0.3 is 9.84 Å². The molecule has 2 amide bonds. The molecule has 25 heavy (non-hydrogen) atoms. The fourth-order valence-corrected chi connectivity index (χ4v) is 4.12. The minimum atomic E-state index is -4.58. The van der Waals surface area contributed by atoms with Gasteiger partial charge in [0.25, 0.3) is 0 Å². The molecule has 0 radical (unpaired) electrons. The molecule has 1 N–H and O–H groups in total. The van der Waals surface area contributed by atoms with E-state index in [2.05, 4.69) is 0 Å². The highest BCUT2D eigenvalue weighted by atomic mass is 19.4. The second-order valence-electron chi connectivity index (χ2n) is 6.75. The van der Waals surface area contributed by atoms with Crippen LogP contribution < -0.4 is 4.90 Å². The lowest BCUT2D eigenvalue weighted by atomic mass is 9.73. The van der Waals surface area contributed by atoms with E-state index < -0.39 is 53.2 Å². The minimum Gasteiger partial charge on any atom is -0.393 e. The van der Waals surface area contributed by atoms with Gasteiger partial charge in [0.1, 0.15) is 5.60 Å². The lowest BCUT2D eigenvalue weighted by Gasteiger charge is -2.27. The van der Waals surface area contributed by atoms with E-state index in [1.54, 1.807) is 19.1 Å². The predicted molar refractivity (Wildman–Crippen MR) is 79.4 cm³/mol. The summed E-state index contributed by atoms with van der Waals surface area (Å²) in [6.45, 7) is 1.14. The van der Waals surface area contributed by atoms with Gasteiger partial charge in [0.15, 0.2) is 0 Å². The van der Waals surface area contributed by atoms with Gasteiger partial charge in [-0.25, -0.2) is 4.90 Å². The van der Waals surface area contributed by atoms with Crippen LogP contribution >= 0.6 is 0 Å². The Balaban J connectivity index is 1.78. The number of fused-ring (bicyclic) bond motifs is 5.